The Morgan fingerprint density at radius 3 is 2.54 bits per heavy atom. The first-order valence-electron chi connectivity index (χ1n) is 7.87. The van der Waals surface area contributed by atoms with Gasteiger partial charge in [-0.3, -0.25) is 9.59 Å². The minimum Gasteiger partial charge on any atom is -0.465 e. The molecule has 1 aromatic heterocycles. The van der Waals surface area contributed by atoms with Crippen molar-refractivity contribution in [3.05, 3.63) is 54.0 Å². The normalized spacial score (nSPS) is 14.4. The fourth-order valence-electron chi connectivity index (χ4n) is 2.27. The van der Waals surface area contributed by atoms with Crippen LogP contribution in [-0.2, 0) is 15.8 Å². The average molecular weight is 364 g/mol. The number of carbonyl (C=O) groups excluding carboxylic acids is 2. The van der Waals surface area contributed by atoms with E-state index in [2.05, 4.69) is 10.6 Å². The first kappa shape index (κ1) is 17.8. The van der Waals surface area contributed by atoms with Crippen molar-refractivity contribution in [2.45, 2.75) is 19.0 Å². The summed E-state index contributed by atoms with van der Waals surface area (Å²) in [5.74, 6) is -0.761. The lowest BCUT2D eigenvalue weighted by molar-refractivity contribution is -0.137. The molecule has 0 bridgehead atoms. The number of hydrogen-bond acceptors (Lipinski definition) is 3. The molecular weight excluding hydrogens is 349 g/mol. The molecule has 1 aromatic carbocycles. The number of furan rings is 1. The molecule has 1 fully saturated rings. The van der Waals surface area contributed by atoms with Crippen molar-refractivity contribution in [2.24, 2.45) is 5.92 Å². The molecule has 2 aromatic rings. The smallest absolute Gasteiger partial charge is 0.418 e. The first-order chi connectivity index (χ1) is 12.3. The average Bonchev–Trinajstić information content (AvgIpc) is 3.30. The zero-order valence-corrected chi connectivity index (χ0v) is 13.5. The second-order valence-electron chi connectivity index (χ2n) is 5.86. The molecule has 1 saturated carbocycles. The van der Waals surface area contributed by atoms with Gasteiger partial charge in [0.1, 0.15) is 5.76 Å². The molecule has 1 aliphatic carbocycles. The molecule has 0 aliphatic heterocycles. The van der Waals surface area contributed by atoms with Gasteiger partial charge in [-0.25, -0.2) is 0 Å². The summed E-state index contributed by atoms with van der Waals surface area (Å²) < 4.78 is 44.9. The van der Waals surface area contributed by atoms with Gasteiger partial charge in [-0.15, -0.1) is 0 Å². The number of nitrogens with one attached hydrogen (secondary N) is 2. The standard InChI is InChI=1S/C18H15F3N2O3/c19-18(20,21)14-10-12(22-17(25)11-3-4-11)5-7-15(14)23-16(24)8-6-13-2-1-9-26-13/h1-2,5-11H,3-4H2,(H,22,25)(H,23,24). The van der Waals surface area contributed by atoms with Gasteiger partial charge in [0.25, 0.3) is 0 Å². The molecule has 2 amide bonds. The molecule has 1 heterocycles. The maximum atomic E-state index is 13.3. The maximum absolute atomic E-state index is 13.3. The van der Waals surface area contributed by atoms with Crippen molar-refractivity contribution >= 4 is 29.3 Å². The molecule has 1 aliphatic rings. The third-order valence-electron chi connectivity index (χ3n) is 3.74. The highest BCUT2D eigenvalue weighted by atomic mass is 19.4. The molecule has 0 atom stereocenters. The van der Waals surface area contributed by atoms with Gasteiger partial charge >= 0.3 is 6.18 Å². The van der Waals surface area contributed by atoms with E-state index in [1.165, 1.54) is 18.4 Å². The van der Waals surface area contributed by atoms with Crippen molar-refractivity contribution in [2.75, 3.05) is 10.6 Å². The van der Waals surface area contributed by atoms with E-state index < -0.39 is 23.3 Å². The van der Waals surface area contributed by atoms with Crippen LogP contribution in [0.15, 0.2) is 47.1 Å². The number of halogens is 3. The van der Waals surface area contributed by atoms with Crippen LogP contribution in [0.5, 0.6) is 0 Å². The summed E-state index contributed by atoms with van der Waals surface area (Å²) in [5.41, 5.74) is -1.39. The van der Waals surface area contributed by atoms with Crippen LogP contribution < -0.4 is 10.6 Å². The summed E-state index contributed by atoms with van der Waals surface area (Å²) in [5, 5.41) is 4.66. The van der Waals surface area contributed by atoms with Crippen molar-refractivity contribution in [1.82, 2.24) is 0 Å². The van der Waals surface area contributed by atoms with Gasteiger partial charge in [0.2, 0.25) is 11.8 Å². The molecule has 0 unspecified atom stereocenters. The van der Waals surface area contributed by atoms with Crippen molar-refractivity contribution < 1.29 is 27.2 Å². The number of rotatable bonds is 5. The second kappa shape index (κ2) is 7.07. The minimum absolute atomic E-state index is 0.0401. The molecule has 3 rings (SSSR count). The van der Waals surface area contributed by atoms with Gasteiger partial charge < -0.3 is 15.1 Å². The SMILES string of the molecule is O=C(C=Cc1ccco1)Nc1ccc(NC(=O)C2CC2)cc1C(F)(F)F. The Kier molecular flexibility index (Phi) is 4.83. The van der Waals surface area contributed by atoms with Crippen LogP contribution in [0, 0.1) is 5.92 Å². The van der Waals surface area contributed by atoms with Gasteiger partial charge in [-0.05, 0) is 49.2 Å². The number of anilines is 2. The van der Waals surface area contributed by atoms with Crippen molar-refractivity contribution in [3.63, 3.8) is 0 Å². The number of alkyl halides is 3. The summed E-state index contributed by atoms with van der Waals surface area (Å²) in [6, 6.07) is 6.47. The van der Waals surface area contributed by atoms with Crippen LogP contribution in [0.3, 0.4) is 0 Å². The third kappa shape index (κ3) is 4.53. The highest BCUT2D eigenvalue weighted by Gasteiger charge is 2.35. The molecule has 0 saturated heterocycles. The van der Waals surface area contributed by atoms with Crippen LogP contribution in [-0.4, -0.2) is 11.8 Å². The lowest BCUT2D eigenvalue weighted by Crippen LogP contribution is -2.17. The van der Waals surface area contributed by atoms with E-state index in [9.17, 15) is 22.8 Å². The summed E-state index contributed by atoms with van der Waals surface area (Å²) in [4.78, 5) is 23.6. The molecule has 8 heteroatoms. The summed E-state index contributed by atoms with van der Waals surface area (Å²) in [6.45, 7) is 0. The highest BCUT2D eigenvalue weighted by molar-refractivity contribution is 6.02. The number of carbonyl (C=O) groups is 2. The van der Waals surface area contributed by atoms with Gasteiger partial charge in [-0.2, -0.15) is 13.2 Å². The second-order valence-corrected chi connectivity index (χ2v) is 5.86. The fourth-order valence-corrected chi connectivity index (χ4v) is 2.27. The van der Waals surface area contributed by atoms with E-state index in [-0.39, 0.29) is 17.5 Å². The summed E-state index contributed by atoms with van der Waals surface area (Å²) >= 11 is 0. The van der Waals surface area contributed by atoms with E-state index >= 15 is 0 Å². The lowest BCUT2D eigenvalue weighted by Gasteiger charge is -2.15. The van der Waals surface area contributed by atoms with E-state index in [1.54, 1.807) is 12.1 Å². The predicted molar refractivity (Wildman–Crippen MR) is 89.2 cm³/mol. The molecular formula is C18H15F3N2O3. The zero-order chi connectivity index (χ0) is 18.7. The molecule has 26 heavy (non-hydrogen) atoms. The van der Waals surface area contributed by atoms with Crippen molar-refractivity contribution in [3.8, 4) is 0 Å². The zero-order valence-electron chi connectivity index (χ0n) is 13.5. The lowest BCUT2D eigenvalue weighted by atomic mass is 10.1. The van der Waals surface area contributed by atoms with Crippen LogP contribution in [0.25, 0.3) is 6.08 Å². The Balaban J connectivity index is 1.76. The van der Waals surface area contributed by atoms with E-state index in [0.717, 1.165) is 31.1 Å². The quantitative estimate of drug-likeness (QED) is 0.777. The molecule has 0 radical (unpaired) electrons. The molecule has 2 N–H and O–H groups in total. The van der Waals surface area contributed by atoms with Crippen molar-refractivity contribution in [1.29, 1.82) is 0 Å². The number of benzene rings is 1. The minimum atomic E-state index is -4.69. The van der Waals surface area contributed by atoms with Crippen LogP contribution >= 0.6 is 0 Å². The number of hydrogen-bond donors (Lipinski definition) is 2. The van der Waals surface area contributed by atoms with Crippen LogP contribution in [0.2, 0.25) is 0 Å². The molecule has 5 nitrogen and oxygen atoms in total. The first-order valence-corrected chi connectivity index (χ1v) is 7.87. The monoisotopic (exact) mass is 364 g/mol. The highest BCUT2D eigenvalue weighted by Crippen LogP contribution is 2.37. The molecule has 136 valence electrons. The van der Waals surface area contributed by atoms with Gasteiger partial charge in [0.15, 0.2) is 0 Å². The van der Waals surface area contributed by atoms with E-state index in [1.807, 2.05) is 0 Å². The number of amides is 2. The fraction of sp³-hybridized carbons (Fsp3) is 0.222. The largest absolute Gasteiger partial charge is 0.465 e. The Bertz CT molecular complexity index is 838. The van der Waals surface area contributed by atoms with Gasteiger partial charge in [0.05, 0.1) is 17.5 Å². The molecule has 0 spiro atoms. The Morgan fingerprint density at radius 1 is 1.15 bits per heavy atom. The third-order valence-corrected chi connectivity index (χ3v) is 3.74. The Morgan fingerprint density at radius 2 is 1.92 bits per heavy atom. The van der Waals surface area contributed by atoms with Crippen LogP contribution in [0.4, 0.5) is 24.5 Å². The van der Waals surface area contributed by atoms with E-state index in [0.29, 0.717) is 5.76 Å². The Labute approximate surface area is 146 Å². The topological polar surface area (TPSA) is 71.3 Å². The predicted octanol–water partition coefficient (Wildman–Crippen LogP) is 4.30. The maximum Gasteiger partial charge on any atom is 0.418 e. The Hall–Kier alpha value is -3.03. The summed E-state index contributed by atoms with van der Waals surface area (Å²) in [7, 11) is 0. The van der Waals surface area contributed by atoms with Crippen LogP contribution in [0.1, 0.15) is 24.2 Å². The summed E-state index contributed by atoms with van der Waals surface area (Å²) in [6.07, 6.45) is 0.623. The van der Waals surface area contributed by atoms with Gasteiger partial charge in [0, 0.05) is 17.7 Å². The van der Waals surface area contributed by atoms with Gasteiger partial charge in [-0.1, -0.05) is 0 Å². The van der Waals surface area contributed by atoms with E-state index in [4.69, 9.17) is 4.42 Å².